The monoisotopic (exact) mass is 184 g/mol. The predicted octanol–water partition coefficient (Wildman–Crippen LogP) is 1.42. The first kappa shape index (κ1) is 10.5. The Morgan fingerprint density at radius 3 is 2.62 bits per heavy atom. The zero-order chi connectivity index (χ0) is 9.68. The number of carbonyl (C=O) groups excluding carboxylic acids is 1. The molecular formula is C10H19NO2. The lowest BCUT2D eigenvalue weighted by molar-refractivity contribution is -0.151. The van der Waals surface area contributed by atoms with Crippen molar-refractivity contribution in [1.82, 2.24) is 4.90 Å². The Bertz CT molecular complexity index is 162. The molecule has 0 unspecified atom stereocenters. The molecule has 1 aliphatic rings. The van der Waals surface area contributed by atoms with Crippen molar-refractivity contribution in [3.8, 4) is 0 Å². The van der Waals surface area contributed by atoms with Crippen LogP contribution in [0.15, 0.2) is 0 Å². The standard InChI is InChI=1S/C10H19NO2/c1-3-4-10(12)13-9-5-7-11(2)8-6-9/h9H,3-8H2,1-2H3/i2-1. The van der Waals surface area contributed by atoms with Gasteiger partial charge in [-0.3, -0.25) is 4.79 Å². The smallest absolute Gasteiger partial charge is 0.306 e. The molecule has 3 heteroatoms. The van der Waals surface area contributed by atoms with Crippen LogP contribution in [-0.4, -0.2) is 37.1 Å². The molecule has 1 aliphatic heterocycles. The third-order valence-electron chi connectivity index (χ3n) is 2.42. The lowest BCUT2D eigenvalue weighted by atomic mass is 10.1. The first-order valence-electron chi connectivity index (χ1n) is 5.10. The number of ether oxygens (including phenoxy) is 1. The average Bonchev–Trinajstić information content (AvgIpc) is 2.09. The van der Waals surface area contributed by atoms with Crippen LogP contribution in [0.1, 0.15) is 32.6 Å². The Morgan fingerprint density at radius 2 is 2.08 bits per heavy atom. The first-order valence-corrected chi connectivity index (χ1v) is 5.10. The fourth-order valence-corrected chi connectivity index (χ4v) is 1.55. The highest BCUT2D eigenvalue weighted by molar-refractivity contribution is 5.69. The van der Waals surface area contributed by atoms with E-state index in [0.717, 1.165) is 32.4 Å². The molecule has 0 aromatic heterocycles. The highest BCUT2D eigenvalue weighted by Crippen LogP contribution is 2.12. The lowest BCUT2D eigenvalue weighted by Gasteiger charge is -2.28. The maximum Gasteiger partial charge on any atom is 0.306 e. The zero-order valence-corrected chi connectivity index (χ0v) is 8.58. The van der Waals surface area contributed by atoms with Gasteiger partial charge in [-0.15, -0.1) is 0 Å². The summed E-state index contributed by atoms with van der Waals surface area (Å²) in [5, 5.41) is 0. The summed E-state index contributed by atoms with van der Waals surface area (Å²) in [5.74, 6) is -0.0305. The van der Waals surface area contributed by atoms with E-state index in [9.17, 15) is 4.79 Å². The molecule has 3 nitrogen and oxygen atoms in total. The van der Waals surface area contributed by atoms with Crippen LogP contribution in [0.2, 0.25) is 0 Å². The van der Waals surface area contributed by atoms with Crippen LogP contribution in [0.5, 0.6) is 0 Å². The number of hydrogen-bond donors (Lipinski definition) is 0. The topological polar surface area (TPSA) is 29.5 Å². The lowest BCUT2D eigenvalue weighted by Crippen LogP contribution is -2.35. The highest BCUT2D eigenvalue weighted by Gasteiger charge is 2.19. The van der Waals surface area contributed by atoms with Crippen LogP contribution in [0.3, 0.4) is 0 Å². The Balaban J connectivity index is 2.18. The third kappa shape index (κ3) is 3.77. The van der Waals surface area contributed by atoms with Gasteiger partial charge in [-0.2, -0.15) is 0 Å². The van der Waals surface area contributed by atoms with E-state index in [0.29, 0.717) is 6.42 Å². The summed E-state index contributed by atoms with van der Waals surface area (Å²) in [6.45, 7) is 4.09. The molecule has 13 heavy (non-hydrogen) atoms. The van der Waals surface area contributed by atoms with Crippen LogP contribution >= 0.6 is 0 Å². The number of hydrogen-bond acceptors (Lipinski definition) is 3. The molecule has 1 rings (SSSR count). The Morgan fingerprint density at radius 1 is 1.46 bits per heavy atom. The minimum absolute atomic E-state index is 0.0305. The number of likely N-dealkylation sites (tertiary alicyclic amines) is 1. The van der Waals surface area contributed by atoms with Crippen molar-refractivity contribution in [2.75, 3.05) is 20.1 Å². The summed E-state index contributed by atoms with van der Waals surface area (Å²) >= 11 is 0. The van der Waals surface area contributed by atoms with E-state index >= 15 is 0 Å². The summed E-state index contributed by atoms with van der Waals surface area (Å²) in [4.78, 5) is 13.4. The van der Waals surface area contributed by atoms with Crippen LogP contribution < -0.4 is 0 Å². The molecule has 1 heterocycles. The van der Waals surface area contributed by atoms with Gasteiger partial charge < -0.3 is 9.64 Å². The van der Waals surface area contributed by atoms with Gasteiger partial charge in [0.2, 0.25) is 0 Å². The maximum atomic E-state index is 11.2. The fraction of sp³-hybridized carbons (Fsp3) is 0.900. The van der Waals surface area contributed by atoms with E-state index in [1.807, 2.05) is 6.92 Å². The highest BCUT2D eigenvalue weighted by atomic mass is 16.5. The number of carbonyl (C=O) groups is 1. The van der Waals surface area contributed by atoms with E-state index in [1.165, 1.54) is 0 Å². The molecule has 1 saturated heterocycles. The van der Waals surface area contributed by atoms with E-state index in [2.05, 4.69) is 11.9 Å². The second kappa shape index (κ2) is 5.22. The molecule has 0 saturated carbocycles. The van der Waals surface area contributed by atoms with Crippen LogP contribution in [0.4, 0.5) is 0 Å². The number of rotatable bonds is 3. The number of esters is 1. The number of piperidine rings is 1. The van der Waals surface area contributed by atoms with Gasteiger partial charge in [-0.05, 0) is 26.3 Å². The largest absolute Gasteiger partial charge is 0.462 e. The van der Waals surface area contributed by atoms with Crippen molar-refractivity contribution >= 4 is 5.97 Å². The summed E-state index contributed by atoms with van der Waals surface area (Å²) in [7, 11) is 2.10. The van der Waals surface area contributed by atoms with E-state index in [1.54, 1.807) is 0 Å². The van der Waals surface area contributed by atoms with Gasteiger partial charge in [-0.25, -0.2) is 0 Å². The summed E-state index contributed by atoms with van der Waals surface area (Å²) in [6.07, 6.45) is 3.60. The molecule has 0 aliphatic carbocycles. The molecule has 0 bridgehead atoms. The quantitative estimate of drug-likeness (QED) is 0.621. The van der Waals surface area contributed by atoms with Crippen molar-refractivity contribution in [1.29, 1.82) is 0 Å². The molecule has 76 valence electrons. The van der Waals surface area contributed by atoms with Gasteiger partial charge in [-0.1, -0.05) is 6.92 Å². The summed E-state index contributed by atoms with van der Waals surface area (Å²) < 4.78 is 5.31. The van der Waals surface area contributed by atoms with Crippen molar-refractivity contribution in [3.05, 3.63) is 0 Å². The van der Waals surface area contributed by atoms with Gasteiger partial charge in [0.05, 0.1) is 0 Å². The van der Waals surface area contributed by atoms with Gasteiger partial charge >= 0.3 is 5.97 Å². The summed E-state index contributed by atoms with van der Waals surface area (Å²) in [5.41, 5.74) is 0. The van der Waals surface area contributed by atoms with E-state index < -0.39 is 0 Å². The van der Waals surface area contributed by atoms with E-state index in [-0.39, 0.29) is 12.1 Å². The molecule has 1 fully saturated rings. The maximum absolute atomic E-state index is 11.2. The Kier molecular flexibility index (Phi) is 4.22. The van der Waals surface area contributed by atoms with Crippen molar-refractivity contribution in [2.24, 2.45) is 0 Å². The molecule has 0 atom stereocenters. The third-order valence-corrected chi connectivity index (χ3v) is 2.42. The minimum atomic E-state index is -0.0305. The SMILES string of the molecule is CCCC(=O)OC1CCN([11CH3])CC1. The summed E-state index contributed by atoms with van der Waals surface area (Å²) in [6, 6.07) is 0. The minimum Gasteiger partial charge on any atom is -0.462 e. The first-order chi connectivity index (χ1) is 6.22. The molecule has 0 aromatic carbocycles. The second-order valence-corrected chi connectivity index (χ2v) is 3.74. The van der Waals surface area contributed by atoms with Crippen molar-refractivity contribution in [3.63, 3.8) is 0 Å². The van der Waals surface area contributed by atoms with Gasteiger partial charge in [0.25, 0.3) is 0 Å². The van der Waals surface area contributed by atoms with Crippen LogP contribution in [0, 0.1) is 0 Å². The van der Waals surface area contributed by atoms with E-state index in [4.69, 9.17) is 4.74 Å². The second-order valence-electron chi connectivity index (χ2n) is 3.74. The molecule has 0 radical (unpaired) electrons. The predicted molar refractivity (Wildman–Crippen MR) is 51.5 cm³/mol. The molecule has 0 amide bonds. The fourth-order valence-electron chi connectivity index (χ4n) is 1.55. The van der Waals surface area contributed by atoms with Crippen molar-refractivity contribution < 1.29 is 9.53 Å². The number of nitrogens with zero attached hydrogens (tertiary/aromatic N) is 1. The average molecular weight is 184 g/mol. The Labute approximate surface area is 80.1 Å². The van der Waals surface area contributed by atoms with Crippen LogP contribution in [0.25, 0.3) is 0 Å². The zero-order valence-electron chi connectivity index (χ0n) is 8.58. The molecule has 0 aromatic rings. The van der Waals surface area contributed by atoms with Crippen LogP contribution in [-0.2, 0) is 9.53 Å². The molecule has 0 N–H and O–H groups in total. The normalized spacial score (nSPS) is 20.2. The van der Waals surface area contributed by atoms with Gasteiger partial charge in [0, 0.05) is 19.5 Å². The molecule has 0 spiro atoms. The van der Waals surface area contributed by atoms with Gasteiger partial charge in [0.15, 0.2) is 0 Å². The van der Waals surface area contributed by atoms with Crippen molar-refractivity contribution in [2.45, 2.75) is 38.7 Å². The molecular weight excluding hydrogens is 165 g/mol. The Hall–Kier alpha value is -0.570. The van der Waals surface area contributed by atoms with Gasteiger partial charge in [0.1, 0.15) is 6.10 Å².